The Morgan fingerprint density at radius 1 is 1.53 bits per heavy atom. The van der Waals surface area contributed by atoms with Crippen molar-refractivity contribution in [1.29, 1.82) is 5.26 Å². The molecule has 1 saturated carbocycles. The predicted molar refractivity (Wildman–Crippen MR) is 61.9 cm³/mol. The summed E-state index contributed by atoms with van der Waals surface area (Å²) in [5.74, 6) is 1.01. The summed E-state index contributed by atoms with van der Waals surface area (Å²) in [6, 6.07) is 2.35. The van der Waals surface area contributed by atoms with E-state index >= 15 is 0 Å². The third-order valence-corrected chi connectivity index (χ3v) is 4.14. The number of aromatic nitrogens is 1. The Labute approximate surface area is 95.0 Å². The first kappa shape index (κ1) is 10.6. The first-order valence-corrected chi connectivity index (χ1v) is 6.45. The minimum Gasteiger partial charge on any atom is -0.245 e. The van der Waals surface area contributed by atoms with Gasteiger partial charge in [0.1, 0.15) is 0 Å². The summed E-state index contributed by atoms with van der Waals surface area (Å²) in [5.41, 5.74) is 0.986. The monoisotopic (exact) mass is 220 g/mol. The third-order valence-electron chi connectivity index (χ3n) is 3.12. The van der Waals surface area contributed by atoms with Crippen molar-refractivity contribution in [1.82, 2.24) is 4.98 Å². The molecular formula is C12H16N2S. The SMILES string of the molecule is CC(C)C(C#N)c1csc(C2CCC2)n1. The summed E-state index contributed by atoms with van der Waals surface area (Å²) in [5, 5.41) is 12.4. The van der Waals surface area contributed by atoms with E-state index in [9.17, 15) is 0 Å². The first-order chi connectivity index (χ1) is 7.22. The highest BCUT2D eigenvalue weighted by Crippen LogP contribution is 2.39. The Morgan fingerprint density at radius 3 is 2.73 bits per heavy atom. The van der Waals surface area contributed by atoms with Crippen LogP contribution in [0, 0.1) is 17.2 Å². The molecular weight excluding hydrogens is 204 g/mol. The van der Waals surface area contributed by atoms with Crippen molar-refractivity contribution >= 4 is 11.3 Å². The van der Waals surface area contributed by atoms with Crippen LogP contribution in [-0.2, 0) is 0 Å². The Kier molecular flexibility index (Phi) is 3.06. The van der Waals surface area contributed by atoms with Crippen molar-refractivity contribution in [3.05, 3.63) is 16.1 Å². The van der Waals surface area contributed by atoms with Gasteiger partial charge in [0.2, 0.25) is 0 Å². The maximum atomic E-state index is 9.08. The van der Waals surface area contributed by atoms with E-state index in [2.05, 4.69) is 30.3 Å². The molecule has 15 heavy (non-hydrogen) atoms. The molecule has 0 aliphatic heterocycles. The molecule has 0 amide bonds. The number of nitriles is 1. The van der Waals surface area contributed by atoms with E-state index in [1.54, 1.807) is 11.3 Å². The fraction of sp³-hybridized carbons (Fsp3) is 0.667. The molecule has 1 aromatic heterocycles. The average molecular weight is 220 g/mol. The Bertz CT molecular complexity index is 371. The molecule has 1 aromatic rings. The summed E-state index contributed by atoms with van der Waals surface area (Å²) < 4.78 is 0. The van der Waals surface area contributed by atoms with Gasteiger partial charge in [0, 0.05) is 11.3 Å². The number of thiazole rings is 1. The van der Waals surface area contributed by atoms with Crippen molar-refractivity contribution in [2.75, 3.05) is 0 Å². The number of hydrogen-bond donors (Lipinski definition) is 0. The molecule has 1 unspecified atom stereocenters. The van der Waals surface area contributed by atoms with Crippen LogP contribution in [0.1, 0.15) is 55.6 Å². The zero-order chi connectivity index (χ0) is 10.8. The minimum atomic E-state index is -0.0323. The van der Waals surface area contributed by atoms with Gasteiger partial charge in [-0.2, -0.15) is 5.26 Å². The second kappa shape index (κ2) is 4.32. The number of nitrogens with zero attached hydrogens (tertiary/aromatic N) is 2. The molecule has 1 fully saturated rings. The van der Waals surface area contributed by atoms with E-state index in [4.69, 9.17) is 5.26 Å². The molecule has 2 rings (SSSR count). The maximum Gasteiger partial charge on any atom is 0.0959 e. The zero-order valence-corrected chi connectivity index (χ0v) is 10.0. The highest BCUT2D eigenvalue weighted by atomic mass is 32.1. The number of rotatable bonds is 3. The van der Waals surface area contributed by atoms with Crippen LogP contribution in [0.3, 0.4) is 0 Å². The van der Waals surface area contributed by atoms with Crippen LogP contribution >= 0.6 is 11.3 Å². The van der Waals surface area contributed by atoms with Gasteiger partial charge in [-0.15, -0.1) is 11.3 Å². The first-order valence-electron chi connectivity index (χ1n) is 5.57. The molecule has 0 N–H and O–H groups in total. The third kappa shape index (κ3) is 2.05. The predicted octanol–water partition coefficient (Wildman–Crippen LogP) is 3.67. The van der Waals surface area contributed by atoms with Crippen molar-refractivity contribution in [3.8, 4) is 6.07 Å². The van der Waals surface area contributed by atoms with Crippen LogP contribution in [0.15, 0.2) is 5.38 Å². The highest BCUT2D eigenvalue weighted by Gasteiger charge is 2.25. The van der Waals surface area contributed by atoms with Gasteiger partial charge in [-0.05, 0) is 18.8 Å². The van der Waals surface area contributed by atoms with Gasteiger partial charge in [-0.1, -0.05) is 20.3 Å². The van der Waals surface area contributed by atoms with Gasteiger partial charge in [-0.3, -0.25) is 0 Å². The van der Waals surface area contributed by atoms with E-state index in [1.165, 1.54) is 24.3 Å². The molecule has 3 heteroatoms. The Balaban J connectivity index is 2.15. The highest BCUT2D eigenvalue weighted by molar-refractivity contribution is 7.09. The van der Waals surface area contributed by atoms with E-state index < -0.39 is 0 Å². The second-order valence-electron chi connectivity index (χ2n) is 4.59. The average Bonchev–Trinajstić information content (AvgIpc) is 2.51. The van der Waals surface area contributed by atoms with Gasteiger partial charge in [0.05, 0.1) is 22.7 Å². The van der Waals surface area contributed by atoms with Crippen LogP contribution in [0.5, 0.6) is 0 Å². The quantitative estimate of drug-likeness (QED) is 0.779. The molecule has 80 valence electrons. The zero-order valence-electron chi connectivity index (χ0n) is 9.23. The lowest BCUT2D eigenvalue weighted by atomic mass is 9.86. The molecule has 2 nitrogen and oxygen atoms in total. The van der Waals surface area contributed by atoms with Crippen molar-refractivity contribution in [3.63, 3.8) is 0 Å². The summed E-state index contributed by atoms with van der Waals surface area (Å²) in [6.45, 7) is 4.16. The molecule has 1 aliphatic rings. The van der Waals surface area contributed by atoms with Gasteiger partial charge in [0.15, 0.2) is 0 Å². The standard InChI is InChI=1S/C12H16N2S/c1-8(2)10(6-13)11-7-15-12(14-11)9-4-3-5-9/h7-10H,3-5H2,1-2H3. The largest absolute Gasteiger partial charge is 0.245 e. The van der Waals surface area contributed by atoms with E-state index in [0.29, 0.717) is 11.8 Å². The van der Waals surface area contributed by atoms with Crippen LogP contribution in [0.25, 0.3) is 0 Å². The lowest BCUT2D eigenvalue weighted by Crippen LogP contribution is -2.09. The van der Waals surface area contributed by atoms with Crippen molar-refractivity contribution < 1.29 is 0 Å². The fourth-order valence-electron chi connectivity index (χ4n) is 1.84. The molecule has 0 spiro atoms. The summed E-state index contributed by atoms with van der Waals surface area (Å²) in [7, 11) is 0. The van der Waals surface area contributed by atoms with Crippen LogP contribution in [0.4, 0.5) is 0 Å². The van der Waals surface area contributed by atoms with Gasteiger partial charge in [0.25, 0.3) is 0 Å². The maximum absolute atomic E-state index is 9.08. The van der Waals surface area contributed by atoms with Crippen LogP contribution < -0.4 is 0 Å². The molecule has 1 aliphatic carbocycles. The van der Waals surface area contributed by atoms with Gasteiger partial charge < -0.3 is 0 Å². The molecule has 0 bridgehead atoms. The lowest BCUT2D eigenvalue weighted by Gasteiger charge is -2.22. The normalized spacial score (nSPS) is 18.5. The van der Waals surface area contributed by atoms with E-state index in [1.807, 2.05) is 0 Å². The summed E-state index contributed by atoms with van der Waals surface area (Å²) in [6.07, 6.45) is 3.91. The molecule has 0 radical (unpaired) electrons. The van der Waals surface area contributed by atoms with Gasteiger partial charge in [-0.25, -0.2) is 4.98 Å². The number of hydrogen-bond acceptors (Lipinski definition) is 3. The summed E-state index contributed by atoms with van der Waals surface area (Å²) in [4.78, 5) is 4.62. The minimum absolute atomic E-state index is 0.0323. The van der Waals surface area contributed by atoms with Crippen LogP contribution in [-0.4, -0.2) is 4.98 Å². The van der Waals surface area contributed by atoms with E-state index in [-0.39, 0.29) is 5.92 Å². The Morgan fingerprint density at radius 2 is 2.27 bits per heavy atom. The molecule has 1 atom stereocenters. The Hall–Kier alpha value is -0.880. The van der Waals surface area contributed by atoms with Crippen molar-refractivity contribution in [2.24, 2.45) is 5.92 Å². The topological polar surface area (TPSA) is 36.7 Å². The fourth-order valence-corrected chi connectivity index (χ4v) is 2.87. The second-order valence-corrected chi connectivity index (χ2v) is 5.48. The van der Waals surface area contributed by atoms with E-state index in [0.717, 1.165) is 5.69 Å². The lowest BCUT2D eigenvalue weighted by molar-refractivity contribution is 0.417. The molecule has 0 aromatic carbocycles. The molecule has 1 heterocycles. The van der Waals surface area contributed by atoms with Crippen molar-refractivity contribution in [2.45, 2.75) is 44.9 Å². The van der Waals surface area contributed by atoms with Gasteiger partial charge >= 0.3 is 0 Å². The van der Waals surface area contributed by atoms with Crippen LogP contribution in [0.2, 0.25) is 0 Å². The summed E-state index contributed by atoms with van der Waals surface area (Å²) >= 11 is 1.73. The molecule has 0 saturated heterocycles. The smallest absolute Gasteiger partial charge is 0.0959 e.